The van der Waals surface area contributed by atoms with Gasteiger partial charge in [0.25, 0.3) is 0 Å². The summed E-state index contributed by atoms with van der Waals surface area (Å²) >= 11 is 6.21. The van der Waals surface area contributed by atoms with Crippen LogP contribution in [0.2, 0.25) is 5.02 Å². The molecule has 0 aliphatic carbocycles. The molecule has 0 aliphatic rings. The van der Waals surface area contributed by atoms with Crippen LogP contribution in [0, 0.1) is 6.92 Å². The minimum atomic E-state index is 0.333. The maximum atomic E-state index is 6.21. The largest absolute Gasteiger partial charge is 0.493 e. The lowest BCUT2D eigenvalue weighted by molar-refractivity contribution is 0.280. The van der Waals surface area contributed by atoms with Crippen molar-refractivity contribution in [1.82, 2.24) is 4.98 Å². The fourth-order valence-electron chi connectivity index (χ4n) is 1.86. The van der Waals surface area contributed by atoms with Crippen LogP contribution in [0.1, 0.15) is 17.0 Å². The minimum Gasteiger partial charge on any atom is -0.493 e. The molecule has 5 heteroatoms. The zero-order chi connectivity index (χ0) is 14.5. The summed E-state index contributed by atoms with van der Waals surface area (Å²) in [5.74, 6) is 1.08. The predicted octanol–water partition coefficient (Wildman–Crippen LogP) is 3.09. The number of ether oxygens (including phenoxy) is 2. The van der Waals surface area contributed by atoms with Crippen LogP contribution in [-0.4, -0.2) is 12.1 Å². The molecule has 0 aliphatic heterocycles. The Morgan fingerprint density at radius 1 is 1.30 bits per heavy atom. The molecule has 0 saturated carbocycles. The van der Waals surface area contributed by atoms with Crippen LogP contribution >= 0.6 is 11.6 Å². The highest BCUT2D eigenvalue weighted by molar-refractivity contribution is 6.32. The van der Waals surface area contributed by atoms with E-state index in [1.54, 1.807) is 13.2 Å². The van der Waals surface area contributed by atoms with Crippen molar-refractivity contribution < 1.29 is 9.47 Å². The first-order valence-corrected chi connectivity index (χ1v) is 6.63. The Morgan fingerprint density at radius 2 is 2.10 bits per heavy atom. The SMILES string of the molecule is COc1cc(CN)cc(Cl)c1OCc1cccc(C)n1. The number of hydrogen-bond donors (Lipinski definition) is 1. The summed E-state index contributed by atoms with van der Waals surface area (Å²) in [6.07, 6.45) is 0. The van der Waals surface area contributed by atoms with Crippen LogP contribution in [0.15, 0.2) is 30.3 Å². The summed E-state index contributed by atoms with van der Waals surface area (Å²) in [5, 5.41) is 0.484. The summed E-state index contributed by atoms with van der Waals surface area (Å²) in [6, 6.07) is 9.39. The highest BCUT2D eigenvalue weighted by Crippen LogP contribution is 2.36. The summed E-state index contributed by atoms with van der Waals surface area (Å²) in [5.41, 5.74) is 8.29. The lowest BCUT2D eigenvalue weighted by Gasteiger charge is -2.13. The van der Waals surface area contributed by atoms with Crippen LogP contribution in [0.4, 0.5) is 0 Å². The fourth-order valence-corrected chi connectivity index (χ4v) is 2.14. The molecule has 1 heterocycles. The molecule has 0 amide bonds. The molecule has 2 rings (SSSR count). The van der Waals surface area contributed by atoms with Gasteiger partial charge in [-0.2, -0.15) is 0 Å². The molecule has 106 valence electrons. The smallest absolute Gasteiger partial charge is 0.180 e. The van der Waals surface area contributed by atoms with Gasteiger partial charge in [0.1, 0.15) is 6.61 Å². The average Bonchev–Trinajstić information content (AvgIpc) is 2.45. The van der Waals surface area contributed by atoms with Crippen LogP contribution < -0.4 is 15.2 Å². The number of benzene rings is 1. The molecule has 0 atom stereocenters. The zero-order valence-corrected chi connectivity index (χ0v) is 12.3. The lowest BCUT2D eigenvalue weighted by atomic mass is 10.2. The van der Waals surface area contributed by atoms with Gasteiger partial charge in [0, 0.05) is 12.2 Å². The van der Waals surface area contributed by atoms with E-state index in [0.29, 0.717) is 29.7 Å². The van der Waals surface area contributed by atoms with Gasteiger partial charge < -0.3 is 15.2 Å². The zero-order valence-electron chi connectivity index (χ0n) is 11.5. The van der Waals surface area contributed by atoms with Crippen molar-refractivity contribution in [2.75, 3.05) is 7.11 Å². The van der Waals surface area contributed by atoms with Gasteiger partial charge in [-0.15, -0.1) is 0 Å². The van der Waals surface area contributed by atoms with E-state index in [4.69, 9.17) is 26.8 Å². The van der Waals surface area contributed by atoms with E-state index in [-0.39, 0.29) is 0 Å². The molecule has 1 aromatic heterocycles. The Labute approximate surface area is 123 Å². The fraction of sp³-hybridized carbons (Fsp3) is 0.267. The second kappa shape index (κ2) is 6.59. The van der Waals surface area contributed by atoms with Crippen LogP contribution in [-0.2, 0) is 13.2 Å². The van der Waals surface area contributed by atoms with E-state index in [2.05, 4.69) is 4.98 Å². The van der Waals surface area contributed by atoms with Crippen molar-refractivity contribution in [3.8, 4) is 11.5 Å². The number of halogens is 1. The summed E-state index contributed by atoms with van der Waals surface area (Å²) in [6.45, 7) is 2.67. The third-order valence-electron chi connectivity index (χ3n) is 2.84. The van der Waals surface area contributed by atoms with E-state index >= 15 is 0 Å². The number of hydrogen-bond acceptors (Lipinski definition) is 4. The Morgan fingerprint density at radius 3 is 2.75 bits per heavy atom. The number of aromatic nitrogens is 1. The third-order valence-corrected chi connectivity index (χ3v) is 3.12. The van der Waals surface area contributed by atoms with E-state index in [1.165, 1.54) is 0 Å². The van der Waals surface area contributed by atoms with E-state index in [0.717, 1.165) is 17.0 Å². The molecule has 0 radical (unpaired) electrons. The first-order valence-electron chi connectivity index (χ1n) is 6.26. The van der Waals surface area contributed by atoms with Gasteiger partial charge in [0.2, 0.25) is 0 Å². The molecule has 4 nitrogen and oxygen atoms in total. The lowest BCUT2D eigenvalue weighted by Crippen LogP contribution is -2.03. The minimum absolute atomic E-state index is 0.333. The number of methoxy groups -OCH3 is 1. The van der Waals surface area contributed by atoms with E-state index < -0.39 is 0 Å². The topological polar surface area (TPSA) is 57.4 Å². The summed E-state index contributed by atoms with van der Waals surface area (Å²) < 4.78 is 11.0. The Kier molecular flexibility index (Phi) is 4.82. The van der Waals surface area contributed by atoms with Gasteiger partial charge in [-0.1, -0.05) is 17.7 Å². The highest BCUT2D eigenvalue weighted by Gasteiger charge is 2.12. The number of nitrogens with zero attached hydrogens (tertiary/aromatic N) is 1. The maximum Gasteiger partial charge on any atom is 0.180 e. The molecule has 2 aromatic rings. The molecule has 0 saturated heterocycles. The van der Waals surface area contributed by atoms with Crippen molar-refractivity contribution >= 4 is 11.6 Å². The molecule has 0 bridgehead atoms. The second-order valence-corrected chi connectivity index (χ2v) is 4.78. The average molecular weight is 293 g/mol. The highest BCUT2D eigenvalue weighted by atomic mass is 35.5. The van der Waals surface area contributed by atoms with Gasteiger partial charge in [-0.3, -0.25) is 4.98 Å². The summed E-state index contributed by atoms with van der Waals surface area (Å²) in [4.78, 5) is 4.38. The normalized spacial score (nSPS) is 10.4. The molecule has 20 heavy (non-hydrogen) atoms. The van der Waals surface area contributed by atoms with Crippen molar-refractivity contribution in [3.05, 3.63) is 52.3 Å². The van der Waals surface area contributed by atoms with Gasteiger partial charge in [0.15, 0.2) is 11.5 Å². The van der Waals surface area contributed by atoms with Crippen LogP contribution in [0.5, 0.6) is 11.5 Å². The van der Waals surface area contributed by atoms with Crippen molar-refractivity contribution in [2.24, 2.45) is 5.73 Å². The van der Waals surface area contributed by atoms with Gasteiger partial charge in [-0.25, -0.2) is 0 Å². The Hall–Kier alpha value is -1.78. The standard InChI is InChI=1S/C15H17ClN2O2/c1-10-4-3-5-12(18-10)9-20-15-13(16)6-11(8-17)7-14(15)19-2/h3-7H,8-9,17H2,1-2H3. The number of rotatable bonds is 5. The quantitative estimate of drug-likeness (QED) is 0.920. The second-order valence-electron chi connectivity index (χ2n) is 4.37. The molecular weight excluding hydrogens is 276 g/mol. The number of aryl methyl sites for hydroxylation is 1. The van der Waals surface area contributed by atoms with Gasteiger partial charge in [-0.05, 0) is 36.8 Å². The number of pyridine rings is 1. The third kappa shape index (κ3) is 3.40. The summed E-state index contributed by atoms with van der Waals surface area (Å²) in [7, 11) is 1.57. The Bertz CT molecular complexity index is 602. The predicted molar refractivity (Wildman–Crippen MR) is 79.2 cm³/mol. The van der Waals surface area contributed by atoms with Crippen LogP contribution in [0.25, 0.3) is 0 Å². The van der Waals surface area contributed by atoms with Gasteiger partial charge >= 0.3 is 0 Å². The molecular formula is C15H17ClN2O2. The molecule has 0 fully saturated rings. The van der Waals surface area contributed by atoms with Crippen molar-refractivity contribution in [1.29, 1.82) is 0 Å². The monoisotopic (exact) mass is 292 g/mol. The molecule has 1 aromatic carbocycles. The first-order chi connectivity index (χ1) is 9.63. The number of nitrogens with two attached hydrogens (primary N) is 1. The van der Waals surface area contributed by atoms with E-state index in [1.807, 2.05) is 31.2 Å². The molecule has 0 unspecified atom stereocenters. The van der Waals surface area contributed by atoms with Crippen molar-refractivity contribution in [2.45, 2.75) is 20.1 Å². The molecule has 0 spiro atoms. The van der Waals surface area contributed by atoms with Crippen LogP contribution in [0.3, 0.4) is 0 Å². The van der Waals surface area contributed by atoms with Gasteiger partial charge in [0.05, 0.1) is 17.8 Å². The molecule has 2 N–H and O–H groups in total. The Balaban J connectivity index is 2.20. The van der Waals surface area contributed by atoms with Crippen molar-refractivity contribution in [3.63, 3.8) is 0 Å². The first kappa shape index (κ1) is 14.6. The maximum absolute atomic E-state index is 6.21. The van der Waals surface area contributed by atoms with E-state index in [9.17, 15) is 0 Å².